The molecule has 31 heavy (non-hydrogen) atoms. The standard InChI is InChI=1S/C24H21N3O4/c28-26(29)16-6-1-4-14(10-16)23-20-9-3-8-19(20)22-12-17(27(30)31)11-21-18-7-2-5-15(18)13-25(23)24(21)22/h1-4,6-8,10-12,15,18-20,23H,5,9,13H2/t15-,18+,19+,20+,23+/m1/s1. The van der Waals surface area contributed by atoms with Crippen molar-refractivity contribution in [2.45, 2.75) is 30.7 Å². The number of nitrogens with zero attached hydrogens (tertiary/aromatic N) is 3. The highest BCUT2D eigenvalue weighted by atomic mass is 16.6. The van der Waals surface area contributed by atoms with E-state index in [1.807, 2.05) is 6.07 Å². The van der Waals surface area contributed by atoms with Gasteiger partial charge in [-0.2, -0.15) is 0 Å². The monoisotopic (exact) mass is 415 g/mol. The molecule has 0 unspecified atom stereocenters. The van der Waals surface area contributed by atoms with Gasteiger partial charge in [-0.05, 0) is 41.4 Å². The van der Waals surface area contributed by atoms with Gasteiger partial charge in [0.05, 0.1) is 15.9 Å². The number of nitro groups is 2. The lowest BCUT2D eigenvalue weighted by molar-refractivity contribution is -0.385. The summed E-state index contributed by atoms with van der Waals surface area (Å²) in [5.41, 5.74) is 4.37. The summed E-state index contributed by atoms with van der Waals surface area (Å²) in [6, 6.07) is 10.5. The fourth-order valence-corrected chi connectivity index (χ4v) is 6.27. The van der Waals surface area contributed by atoms with Crippen molar-refractivity contribution < 1.29 is 9.85 Å². The molecule has 0 saturated heterocycles. The molecular weight excluding hydrogens is 394 g/mol. The number of fused-ring (bicyclic) bond motifs is 4. The van der Waals surface area contributed by atoms with Gasteiger partial charge in [-0.3, -0.25) is 20.2 Å². The average molecular weight is 415 g/mol. The predicted octanol–water partition coefficient (Wildman–Crippen LogP) is 5.40. The second kappa shape index (κ2) is 6.51. The first kappa shape index (κ1) is 18.3. The molecule has 0 spiro atoms. The van der Waals surface area contributed by atoms with Crippen LogP contribution >= 0.6 is 0 Å². The van der Waals surface area contributed by atoms with Crippen LogP contribution in [0.25, 0.3) is 0 Å². The summed E-state index contributed by atoms with van der Waals surface area (Å²) in [6.07, 6.45) is 10.5. The zero-order valence-electron chi connectivity index (χ0n) is 16.8. The van der Waals surface area contributed by atoms with Crippen LogP contribution in [0, 0.1) is 32.1 Å². The Hall–Kier alpha value is -3.48. The zero-order valence-corrected chi connectivity index (χ0v) is 16.8. The number of hydrogen-bond donors (Lipinski definition) is 0. The van der Waals surface area contributed by atoms with Gasteiger partial charge in [-0.1, -0.05) is 36.4 Å². The quantitative estimate of drug-likeness (QED) is 0.380. The Balaban J connectivity index is 1.58. The topological polar surface area (TPSA) is 89.5 Å². The number of benzene rings is 2. The molecule has 0 N–H and O–H groups in total. The molecule has 2 aliphatic carbocycles. The van der Waals surface area contributed by atoms with Gasteiger partial charge in [0.2, 0.25) is 0 Å². The summed E-state index contributed by atoms with van der Waals surface area (Å²) in [6.45, 7) is 0.853. The largest absolute Gasteiger partial charge is 0.363 e. The minimum atomic E-state index is -0.341. The third-order valence-electron chi connectivity index (χ3n) is 7.47. The maximum absolute atomic E-state index is 11.7. The lowest BCUT2D eigenvalue weighted by Gasteiger charge is -2.51. The fraction of sp³-hybridized carbons (Fsp3) is 0.333. The van der Waals surface area contributed by atoms with E-state index in [0.717, 1.165) is 41.8 Å². The first-order valence-corrected chi connectivity index (χ1v) is 10.7. The Morgan fingerprint density at radius 2 is 1.58 bits per heavy atom. The van der Waals surface area contributed by atoms with Crippen molar-refractivity contribution in [2.24, 2.45) is 11.8 Å². The second-order valence-corrected chi connectivity index (χ2v) is 8.98. The van der Waals surface area contributed by atoms with E-state index in [2.05, 4.69) is 29.2 Å². The van der Waals surface area contributed by atoms with Crippen molar-refractivity contribution in [1.29, 1.82) is 0 Å². The molecule has 6 rings (SSSR count). The number of allylic oxidation sites excluding steroid dienone is 4. The van der Waals surface area contributed by atoms with Gasteiger partial charge < -0.3 is 4.90 Å². The Morgan fingerprint density at radius 1 is 0.871 bits per heavy atom. The van der Waals surface area contributed by atoms with Crippen LogP contribution in [0.3, 0.4) is 0 Å². The molecule has 5 atom stereocenters. The number of anilines is 1. The molecule has 2 heterocycles. The summed E-state index contributed by atoms with van der Waals surface area (Å²) in [7, 11) is 0. The molecule has 0 amide bonds. The van der Waals surface area contributed by atoms with E-state index in [0.29, 0.717) is 5.92 Å². The van der Waals surface area contributed by atoms with E-state index in [4.69, 9.17) is 0 Å². The molecule has 2 aromatic rings. The molecule has 2 aliphatic heterocycles. The highest BCUT2D eigenvalue weighted by molar-refractivity contribution is 5.72. The summed E-state index contributed by atoms with van der Waals surface area (Å²) in [5.74, 6) is 0.846. The van der Waals surface area contributed by atoms with Crippen molar-refractivity contribution in [2.75, 3.05) is 11.4 Å². The SMILES string of the molecule is O=[N+]([O-])c1cccc([C@H]2[C@H]3CC=C[C@@H]3c3cc([N+](=O)[O-])cc4c3N2C[C@H]2CC=C[C@H]42)c1. The Bertz CT molecular complexity index is 1170. The first-order chi connectivity index (χ1) is 15.0. The Labute approximate surface area is 179 Å². The summed E-state index contributed by atoms with van der Waals surface area (Å²) < 4.78 is 0. The summed E-state index contributed by atoms with van der Waals surface area (Å²) in [4.78, 5) is 24.9. The van der Waals surface area contributed by atoms with Gasteiger partial charge in [0.25, 0.3) is 11.4 Å². The Morgan fingerprint density at radius 3 is 2.35 bits per heavy atom. The third kappa shape index (κ3) is 2.59. The lowest BCUT2D eigenvalue weighted by Crippen LogP contribution is -2.46. The molecule has 0 radical (unpaired) electrons. The van der Waals surface area contributed by atoms with Crippen LogP contribution in [0.1, 0.15) is 47.4 Å². The molecule has 7 nitrogen and oxygen atoms in total. The molecule has 7 heteroatoms. The van der Waals surface area contributed by atoms with Crippen LogP contribution in [0.5, 0.6) is 0 Å². The van der Waals surface area contributed by atoms with Crippen molar-refractivity contribution in [3.8, 4) is 0 Å². The fourth-order valence-electron chi connectivity index (χ4n) is 6.27. The molecule has 0 bridgehead atoms. The highest BCUT2D eigenvalue weighted by Crippen LogP contribution is 2.59. The van der Waals surface area contributed by atoms with Gasteiger partial charge in [0.15, 0.2) is 0 Å². The van der Waals surface area contributed by atoms with Crippen molar-refractivity contribution in [3.05, 3.63) is 97.6 Å². The molecule has 156 valence electrons. The van der Waals surface area contributed by atoms with Crippen molar-refractivity contribution >= 4 is 17.1 Å². The number of non-ortho nitro benzene ring substituents is 2. The minimum absolute atomic E-state index is 0.00848. The van der Waals surface area contributed by atoms with Gasteiger partial charge in [0, 0.05) is 48.3 Å². The first-order valence-electron chi connectivity index (χ1n) is 10.7. The predicted molar refractivity (Wildman–Crippen MR) is 116 cm³/mol. The minimum Gasteiger partial charge on any atom is -0.363 e. The lowest BCUT2D eigenvalue weighted by atomic mass is 9.70. The maximum atomic E-state index is 11.7. The normalized spacial score (nSPS) is 29.4. The van der Waals surface area contributed by atoms with E-state index < -0.39 is 0 Å². The van der Waals surface area contributed by atoms with Gasteiger partial charge in [-0.15, -0.1) is 0 Å². The van der Waals surface area contributed by atoms with Crippen LogP contribution in [0.2, 0.25) is 0 Å². The van der Waals surface area contributed by atoms with Crippen LogP contribution < -0.4 is 4.90 Å². The van der Waals surface area contributed by atoms with E-state index >= 15 is 0 Å². The van der Waals surface area contributed by atoms with E-state index in [1.54, 1.807) is 24.3 Å². The van der Waals surface area contributed by atoms with E-state index in [1.165, 1.54) is 6.07 Å². The van der Waals surface area contributed by atoms with Crippen LogP contribution in [0.15, 0.2) is 60.7 Å². The molecule has 0 saturated carbocycles. The maximum Gasteiger partial charge on any atom is 0.270 e. The van der Waals surface area contributed by atoms with Crippen molar-refractivity contribution in [1.82, 2.24) is 0 Å². The van der Waals surface area contributed by atoms with Crippen LogP contribution in [0.4, 0.5) is 17.1 Å². The summed E-state index contributed by atoms with van der Waals surface area (Å²) in [5, 5.41) is 23.2. The second-order valence-electron chi connectivity index (χ2n) is 8.98. The van der Waals surface area contributed by atoms with E-state index in [9.17, 15) is 20.2 Å². The zero-order chi connectivity index (χ0) is 21.3. The van der Waals surface area contributed by atoms with Crippen molar-refractivity contribution in [3.63, 3.8) is 0 Å². The molecular formula is C24H21N3O4. The molecule has 0 fully saturated rings. The molecule has 2 aromatic carbocycles. The molecule has 4 aliphatic rings. The van der Waals surface area contributed by atoms with Gasteiger partial charge >= 0.3 is 0 Å². The van der Waals surface area contributed by atoms with E-state index in [-0.39, 0.29) is 45.0 Å². The molecule has 0 aromatic heterocycles. The Kier molecular flexibility index (Phi) is 3.84. The van der Waals surface area contributed by atoms with Crippen LogP contribution in [-0.4, -0.2) is 16.4 Å². The third-order valence-corrected chi connectivity index (χ3v) is 7.47. The van der Waals surface area contributed by atoms with Gasteiger partial charge in [0.1, 0.15) is 0 Å². The van der Waals surface area contributed by atoms with Crippen LogP contribution in [-0.2, 0) is 0 Å². The smallest absolute Gasteiger partial charge is 0.270 e. The summed E-state index contributed by atoms with van der Waals surface area (Å²) >= 11 is 0. The number of nitro benzene ring substituents is 2. The average Bonchev–Trinajstić information content (AvgIpc) is 3.43. The number of rotatable bonds is 3. The van der Waals surface area contributed by atoms with Gasteiger partial charge in [-0.25, -0.2) is 0 Å². The highest BCUT2D eigenvalue weighted by Gasteiger charge is 2.48. The number of hydrogen-bond acceptors (Lipinski definition) is 5.